The van der Waals surface area contributed by atoms with E-state index < -0.39 is 0 Å². The molecule has 0 radical (unpaired) electrons. The first-order chi connectivity index (χ1) is 38.6. The second-order valence-electron chi connectivity index (χ2n) is 24.7. The van der Waals surface area contributed by atoms with Crippen LogP contribution < -0.4 is 21.9 Å². The third kappa shape index (κ3) is 14.2. The Morgan fingerprint density at radius 2 is 1.54 bits per heavy atom. The van der Waals surface area contributed by atoms with Crippen LogP contribution in [-0.2, 0) is 15.0 Å². The van der Waals surface area contributed by atoms with Gasteiger partial charge in [0.1, 0.15) is 11.9 Å². The second-order valence-corrected chi connectivity index (χ2v) is 25.1. The highest BCUT2D eigenvalue weighted by Crippen LogP contribution is 2.52. The van der Waals surface area contributed by atoms with Crippen molar-refractivity contribution in [1.29, 1.82) is 0 Å². The van der Waals surface area contributed by atoms with E-state index in [2.05, 4.69) is 114 Å². The van der Waals surface area contributed by atoms with E-state index in [1.807, 2.05) is 50.6 Å². The van der Waals surface area contributed by atoms with Crippen LogP contribution in [0.3, 0.4) is 0 Å². The van der Waals surface area contributed by atoms with Crippen molar-refractivity contribution in [3.8, 4) is 16.8 Å². The number of hydrogen-bond acceptors (Lipinski definition) is 9. The number of amides is 2. The molecule has 11 rings (SSSR count). The SMILES string of the molecule is CC.CC(N/C=C(\N)C1CCCCC1)C(C)(C)C.CN1CCC(c2ccc3c(c2)-n2c(nc(=O)c4c(Cl)cccc42)C32CCCCC2)CC1.Cc1ccncc1-c1ccc(C(CN2CCCCC2)NC(=O)C2CCCN2C=O)cc1. The van der Waals surface area contributed by atoms with Crippen molar-refractivity contribution in [3.63, 3.8) is 0 Å². The van der Waals surface area contributed by atoms with Crippen LogP contribution in [0.2, 0.25) is 5.02 Å². The molecule has 13 heteroatoms. The average molecular weight is 1110 g/mol. The van der Waals surface area contributed by atoms with Gasteiger partial charge in [0.15, 0.2) is 0 Å². The lowest BCUT2D eigenvalue weighted by molar-refractivity contribution is -0.131. The average Bonchev–Trinajstić information content (AvgIpc) is 4.23. The minimum Gasteiger partial charge on any atom is -0.401 e. The summed E-state index contributed by atoms with van der Waals surface area (Å²) in [4.78, 5) is 52.9. The van der Waals surface area contributed by atoms with Crippen LogP contribution in [0.25, 0.3) is 27.7 Å². The van der Waals surface area contributed by atoms with Crippen molar-refractivity contribution in [3.05, 3.63) is 134 Å². The number of aromatic nitrogens is 3. The van der Waals surface area contributed by atoms with Gasteiger partial charge in [0, 0.05) is 49.0 Å². The van der Waals surface area contributed by atoms with Gasteiger partial charge in [-0.15, -0.1) is 0 Å². The summed E-state index contributed by atoms with van der Waals surface area (Å²) in [5.74, 6) is 2.10. The molecule has 2 aromatic heterocycles. The molecule has 3 aromatic carbocycles. The molecular formula is C67H94ClN9O3. The van der Waals surface area contributed by atoms with Gasteiger partial charge in [-0.05, 0) is 181 Å². The maximum absolute atomic E-state index is 13.1. The van der Waals surface area contributed by atoms with Crippen LogP contribution in [0, 0.1) is 18.3 Å². The summed E-state index contributed by atoms with van der Waals surface area (Å²) in [5.41, 5.74) is 16.5. The summed E-state index contributed by atoms with van der Waals surface area (Å²) in [6, 6.07) is 23.3. The molecule has 4 N–H and O–H groups in total. The Kier molecular flexibility index (Phi) is 21.1. The van der Waals surface area contributed by atoms with Crippen LogP contribution in [-0.4, -0.2) is 100.0 Å². The Labute approximate surface area is 483 Å². The van der Waals surface area contributed by atoms with E-state index in [4.69, 9.17) is 22.3 Å². The molecule has 5 aromatic rings. The maximum atomic E-state index is 13.1. The zero-order valence-electron chi connectivity index (χ0n) is 49.7. The first-order valence-electron chi connectivity index (χ1n) is 30.7. The fourth-order valence-corrected chi connectivity index (χ4v) is 13.3. The number of fused-ring (bicyclic) bond motifs is 7. The quantitative estimate of drug-likeness (QED) is 0.110. The van der Waals surface area contributed by atoms with Gasteiger partial charge in [-0.3, -0.25) is 23.9 Å². The normalized spacial score (nSPS) is 20.4. The number of nitrogens with two attached hydrogens (primary N) is 1. The van der Waals surface area contributed by atoms with E-state index >= 15 is 0 Å². The number of benzene rings is 3. The first kappa shape index (κ1) is 60.5. The van der Waals surface area contributed by atoms with Crippen LogP contribution >= 0.6 is 11.6 Å². The Morgan fingerprint density at radius 3 is 2.21 bits per heavy atom. The number of carbonyl (C=O) groups excluding carboxylic acids is 2. The minimum absolute atomic E-state index is 0.0428. The van der Waals surface area contributed by atoms with E-state index in [-0.39, 0.29) is 34.4 Å². The molecule has 6 heterocycles. The molecule has 2 aliphatic carbocycles. The number of rotatable bonds is 11. The molecule has 432 valence electrons. The first-order valence-corrected chi connectivity index (χ1v) is 31.0. The van der Waals surface area contributed by atoms with Crippen molar-refractivity contribution < 1.29 is 9.59 Å². The van der Waals surface area contributed by atoms with Gasteiger partial charge in [-0.25, -0.2) is 0 Å². The number of hydrogen-bond donors (Lipinski definition) is 3. The third-order valence-electron chi connectivity index (χ3n) is 18.4. The number of carbonyl (C=O) groups is 2. The van der Waals surface area contributed by atoms with Crippen LogP contribution in [0.5, 0.6) is 0 Å². The summed E-state index contributed by atoms with van der Waals surface area (Å²) in [6.45, 7) is 20.9. The fourth-order valence-electron chi connectivity index (χ4n) is 13.1. The highest BCUT2D eigenvalue weighted by Gasteiger charge is 2.47. The van der Waals surface area contributed by atoms with Gasteiger partial charge in [0.25, 0.3) is 5.56 Å². The lowest BCUT2D eigenvalue weighted by atomic mass is 9.69. The molecule has 2 saturated carbocycles. The predicted octanol–water partition coefficient (Wildman–Crippen LogP) is 13.2. The maximum Gasteiger partial charge on any atom is 0.282 e. The van der Waals surface area contributed by atoms with Gasteiger partial charge >= 0.3 is 0 Å². The molecular weight excluding hydrogens is 1010 g/mol. The molecule has 3 unspecified atom stereocenters. The lowest BCUT2D eigenvalue weighted by Crippen LogP contribution is -2.47. The molecule has 4 aliphatic heterocycles. The van der Waals surface area contributed by atoms with Gasteiger partial charge in [-0.2, -0.15) is 4.98 Å². The van der Waals surface area contributed by atoms with Gasteiger partial charge in [0.2, 0.25) is 12.3 Å². The summed E-state index contributed by atoms with van der Waals surface area (Å²) in [7, 11) is 2.21. The Balaban J connectivity index is 0.000000164. The Hall–Kier alpha value is -5.56. The number of halogens is 1. The van der Waals surface area contributed by atoms with E-state index in [0.717, 1.165) is 98.5 Å². The molecule has 1 spiro atoms. The zero-order valence-corrected chi connectivity index (χ0v) is 50.4. The van der Waals surface area contributed by atoms with Crippen molar-refractivity contribution in [2.24, 2.45) is 17.1 Å². The van der Waals surface area contributed by atoms with Gasteiger partial charge in [0.05, 0.1) is 33.1 Å². The summed E-state index contributed by atoms with van der Waals surface area (Å²) in [6.07, 6.45) is 26.6. The number of nitrogens with one attached hydrogen (secondary N) is 2. The fraction of sp³-hybridized carbons (Fsp3) is 0.567. The van der Waals surface area contributed by atoms with Gasteiger partial charge in [-0.1, -0.05) is 134 Å². The number of nitrogens with zero attached hydrogens (tertiary/aromatic N) is 6. The number of piperidine rings is 2. The number of pyridine rings is 1. The summed E-state index contributed by atoms with van der Waals surface area (Å²) >= 11 is 6.48. The number of likely N-dealkylation sites (tertiary alicyclic amines) is 3. The van der Waals surface area contributed by atoms with Crippen LogP contribution in [0.4, 0.5) is 0 Å². The van der Waals surface area contributed by atoms with Crippen molar-refractivity contribution in [2.45, 2.75) is 187 Å². The van der Waals surface area contributed by atoms with Crippen LogP contribution in [0.1, 0.15) is 191 Å². The molecule has 5 fully saturated rings. The summed E-state index contributed by atoms with van der Waals surface area (Å²) < 4.78 is 2.27. The molecule has 3 atom stereocenters. The number of aryl methyl sites for hydroxylation is 1. The van der Waals surface area contributed by atoms with Gasteiger partial charge < -0.3 is 31.1 Å². The van der Waals surface area contributed by atoms with E-state index in [9.17, 15) is 14.4 Å². The van der Waals surface area contributed by atoms with E-state index in [1.165, 1.54) is 106 Å². The standard InChI is InChI=1S/C26H28ClN3O.C25H32N4O2.C14H28N2.C2H6/c1-29-14-10-17(11-15-29)18-8-9-19-22(16-18)30-21-7-5-6-20(27)23(21)24(31)28-25(30)26(19)12-3-2-4-13-26;1-19-11-12-26-16-22(19)20-7-9-21(10-8-20)23(17-28-13-3-2-4-14-28)27-25(31)24-6-5-15-29(24)18-30;1-11(14(2,3)4)16-10-13(15)12-8-6-5-7-9-12;1-2/h5-9,16-17H,2-4,10-15H2,1H3;7-12,16,18,23-24H,2-6,13-15,17H2,1H3,(H,27,31);10-12,16H,5-9,15H2,1-4H3;1-2H3/b;;13-10-;. The highest BCUT2D eigenvalue weighted by atomic mass is 35.5. The summed E-state index contributed by atoms with van der Waals surface area (Å²) in [5, 5.41) is 7.72. The van der Waals surface area contributed by atoms with Crippen molar-refractivity contribution >= 4 is 34.8 Å². The predicted molar refractivity (Wildman–Crippen MR) is 329 cm³/mol. The minimum atomic E-state index is -0.348. The van der Waals surface area contributed by atoms with E-state index in [0.29, 0.717) is 34.8 Å². The van der Waals surface area contributed by atoms with Crippen molar-refractivity contribution in [1.82, 2.24) is 39.9 Å². The molecule has 80 heavy (non-hydrogen) atoms. The molecule has 0 bridgehead atoms. The Morgan fingerprint density at radius 1 is 0.850 bits per heavy atom. The highest BCUT2D eigenvalue weighted by molar-refractivity contribution is 6.35. The lowest BCUT2D eigenvalue weighted by Gasteiger charge is -2.34. The third-order valence-corrected chi connectivity index (χ3v) is 18.8. The van der Waals surface area contributed by atoms with Crippen molar-refractivity contribution in [2.75, 3.05) is 46.3 Å². The Bertz CT molecular complexity index is 2920. The molecule has 3 saturated heterocycles. The largest absolute Gasteiger partial charge is 0.401 e. The van der Waals surface area contributed by atoms with E-state index in [1.54, 1.807) is 11.0 Å². The molecule has 12 nitrogen and oxygen atoms in total. The zero-order chi connectivity index (χ0) is 57.0. The smallest absolute Gasteiger partial charge is 0.282 e. The molecule has 6 aliphatic rings. The molecule has 2 amide bonds. The monoisotopic (exact) mass is 1110 g/mol. The van der Waals surface area contributed by atoms with Crippen LogP contribution in [0.15, 0.2) is 95.8 Å². The number of allylic oxidation sites excluding steroid dienone is 1. The topological polar surface area (TPSA) is 142 Å². The second kappa shape index (κ2) is 27.9.